The summed E-state index contributed by atoms with van der Waals surface area (Å²) in [6, 6.07) is 0. The monoisotopic (exact) mass is 244 g/mol. The van der Waals surface area contributed by atoms with E-state index in [-0.39, 0.29) is 17.6 Å². The summed E-state index contributed by atoms with van der Waals surface area (Å²) in [6.45, 7) is 11.8. The Morgan fingerprint density at radius 2 is 1.75 bits per heavy atom. The van der Waals surface area contributed by atoms with Gasteiger partial charge in [0.05, 0.1) is 5.41 Å². The number of ether oxygens (including phenoxy) is 1. The molecular formula is C12H24O3Si. The maximum Gasteiger partial charge on any atom is 0.312 e. The minimum absolute atomic E-state index is 0.0689. The molecule has 4 heteroatoms. The lowest BCUT2D eigenvalue weighted by molar-refractivity contribution is -0.153. The van der Waals surface area contributed by atoms with Crippen LogP contribution in [0.5, 0.6) is 0 Å². The Bertz CT molecular complexity index is 269. The van der Waals surface area contributed by atoms with Crippen LogP contribution in [-0.4, -0.2) is 20.9 Å². The van der Waals surface area contributed by atoms with Crippen LogP contribution in [0.15, 0.2) is 0 Å². The van der Waals surface area contributed by atoms with Crippen molar-refractivity contribution in [2.45, 2.75) is 54.0 Å². The molecular weight excluding hydrogens is 220 g/mol. The highest BCUT2D eigenvalue weighted by Gasteiger charge is 2.35. The summed E-state index contributed by atoms with van der Waals surface area (Å²) in [5, 5.41) is 0. The van der Waals surface area contributed by atoms with Gasteiger partial charge < -0.3 is 9.20 Å². The fraction of sp³-hybridized carbons (Fsp3) is 0.917. The van der Waals surface area contributed by atoms with Crippen LogP contribution in [-0.2, 0) is 14.0 Å². The highest BCUT2D eigenvalue weighted by Crippen LogP contribution is 2.36. The molecule has 0 rings (SSSR count). The molecule has 0 aliphatic carbocycles. The second-order valence-corrected chi connectivity index (χ2v) is 7.55. The Hall–Kier alpha value is -0.513. The van der Waals surface area contributed by atoms with E-state index in [0.717, 1.165) is 12.8 Å². The normalized spacial score (nSPS) is 12.4. The molecule has 3 nitrogen and oxygen atoms in total. The molecule has 0 saturated heterocycles. The summed E-state index contributed by atoms with van der Waals surface area (Å²) in [5.41, 5.74) is -0.378. The van der Waals surface area contributed by atoms with E-state index < -0.39 is 14.1 Å². The van der Waals surface area contributed by atoms with Crippen LogP contribution in [0.4, 0.5) is 0 Å². The summed E-state index contributed by atoms with van der Waals surface area (Å²) < 4.78 is 16.0. The van der Waals surface area contributed by atoms with Crippen molar-refractivity contribution in [3.05, 3.63) is 0 Å². The predicted octanol–water partition coefficient (Wildman–Crippen LogP) is 2.97. The molecule has 0 fully saturated rings. The summed E-state index contributed by atoms with van der Waals surface area (Å²) in [7, 11) is -1.73. The van der Waals surface area contributed by atoms with Crippen molar-refractivity contribution in [3.8, 4) is 0 Å². The van der Waals surface area contributed by atoms with Gasteiger partial charge in [0.1, 0.15) is 6.23 Å². The van der Waals surface area contributed by atoms with E-state index in [1.165, 1.54) is 0 Å². The van der Waals surface area contributed by atoms with E-state index in [4.69, 9.17) is 4.74 Å². The number of rotatable bonds is 6. The molecule has 0 unspecified atom stereocenters. The minimum atomic E-state index is -1.73. The lowest BCUT2D eigenvalue weighted by Gasteiger charge is -2.32. The number of carbonyl (C=O) groups excluding carboxylic acids is 1. The largest absolute Gasteiger partial charge is 0.461 e. The first-order chi connectivity index (χ1) is 7.10. The highest BCUT2D eigenvalue weighted by atomic mass is 28.3. The average Bonchev–Trinajstić information content (AvgIpc) is 2.12. The topological polar surface area (TPSA) is 43.4 Å². The first-order valence-corrected chi connectivity index (χ1v) is 7.89. The predicted molar refractivity (Wildman–Crippen MR) is 65.7 cm³/mol. The van der Waals surface area contributed by atoms with E-state index in [2.05, 4.69) is 20.8 Å². The van der Waals surface area contributed by atoms with Crippen LogP contribution in [0, 0.1) is 10.8 Å². The van der Waals surface area contributed by atoms with Crippen LogP contribution < -0.4 is 0 Å². The van der Waals surface area contributed by atoms with Gasteiger partial charge >= 0.3 is 14.7 Å². The van der Waals surface area contributed by atoms with Gasteiger partial charge in [-0.05, 0) is 32.2 Å². The quantitative estimate of drug-likeness (QED) is 0.533. The molecule has 0 saturated carbocycles. The van der Waals surface area contributed by atoms with Gasteiger partial charge in [-0.15, -0.1) is 0 Å². The van der Waals surface area contributed by atoms with E-state index in [1.54, 1.807) is 6.55 Å². The van der Waals surface area contributed by atoms with Crippen molar-refractivity contribution in [3.63, 3.8) is 0 Å². The summed E-state index contributed by atoms with van der Waals surface area (Å²) in [6.07, 6.45) is 1.87. The maximum absolute atomic E-state index is 11.8. The lowest BCUT2D eigenvalue weighted by atomic mass is 9.74. The molecule has 0 bridgehead atoms. The van der Waals surface area contributed by atoms with Gasteiger partial charge in [0.15, 0.2) is 0 Å². The Kier molecular flexibility index (Phi) is 5.52. The summed E-state index contributed by atoms with van der Waals surface area (Å²) in [4.78, 5) is 11.8. The molecule has 0 aliphatic heterocycles. The Balaban J connectivity index is 4.42. The van der Waals surface area contributed by atoms with Gasteiger partial charge in [0.25, 0.3) is 0 Å². The second-order valence-electron chi connectivity index (χ2n) is 5.86. The van der Waals surface area contributed by atoms with E-state index in [0.29, 0.717) is 0 Å². The van der Waals surface area contributed by atoms with Crippen molar-refractivity contribution in [1.29, 1.82) is 0 Å². The minimum Gasteiger partial charge on any atom is -0.461 e. The Morgan fingerprint density at radius 3 is 2.12 bits per heavy atom. The first-order valence-electron chi connectivity index (χ1n) is 5.77. The summed E-state index contributed by atoms with van der Waals surface area (Å²) in [5.74, 6) is -0.241. The third-order valence-electron chi connectivity index (χ3n) is 2.84. The number of carbonyl (C=O) groups is 1. The second kappa shape index (κ2) is 5.71. The maximum atomic E-state index is 11.8. The van der Waals surface area contributed by atoms with Gasteiger partial charge in [0, 0.05) is 0 Å². The standard InChI is InChI=1S/C12H24O3Si/c1-7-11(2,3)8-12(4,5)10(13)15-9-16(6)14/h7-9H2,1-6H3. The molecule has 0 aromatic rings. The molecule has 0 atom stereocenters. The zero-order chi connectivity index (χ0) is 13.0. The third kappa shape index (κ3) is 5.54. The molecule has 16 heavy (non-hydrogen) atoms. The average molecular weight is 244 g/mol. The Morgan fingerprint density at radius 1 is 1.25 bits per heavy atom. The molecule has 0 aromatic carbocycles. The molecule has 0 radical (unpaired) electrons. The van der Waals surface area contributed by atoms with Gasteiger partial charge in [-0.3, -0.25) is 4.79 Å². The van der Waals surface area contributed by atoms with Crippen LogP contribution in [0.25, 0.3) is 0 Å². The fourth-order valence-electron chi connectivity index (χ4n) is 1.76. The Labute approximate surface area is 100 Å². The van der Waals surface area contributed by atoms with Crippen molar-refractivity contribution in [2.75, 3.05) is 6.23 Å². The number of hydrogen-bond donors (Lipinski definition) is 0. The SMILES string of the molecule is CCC(C)(C)CC(C)(C)C(=O)OC[Si](C)=O. The van der Waals surface area contributed by atoms with Crippen LogP contribution in [0.3, 0.4) is 0 Å². The molecule has 0 aliphatic rings. The van der Waals surface area contributed by atoms with E-state index in [1.807, 2.05) is 13.8 Å². The first kappa shape index (κ1) is 15.5. The van der Waals surface area contributed by atoms with Gasteiger partial charge in [0.2, 0.25) is 0 Å². The zero-order valence-corrected chi connectivity index (χ0v) is 12.3. The number of esters is 1. The highest BCUT2D eigenvalue weighted by molar-refractivity contribution is 6.40. The van der Waals surface area contributed by atoms with Crippen LogP contribution >= 0.6 is 0 Å². The summed E-state index contributed by atoms with van der Waals surface area (Å²) >= 11 is 0. The van der Waals surface area contributed by atoms with E-state index in [9.17, 15) is 9.26 Å². The molecule has 0 heterocycles. The number of hydrogen-bond acceptors (Lipinski definition) is 3. The van der Waals surface area contributed by atoms with Crippen molar-refractivity contribution < 1.29 is 14.0 Å². The lowest BCUT2D eigenvalue weighted by Crippen LogP contribution is -2.33. The van der Waals surface area contributed by atoms with Crippen molar-refractivity contribution in [1.82, 2.24) is 0 Å². The van der Waals surface area contributed by atoms with Crippen LogP contribution in [0.2, 0.25) is 6.55 Å². The van der Waals surface area contributed by atoms with Crippen molar-refractivity contribution in [2.24, 2.45) is 10.8 Å². The zero-order valence-electron chi connectivity index (χ0n) is 11.3. The van der Waals surface area contributed by atoms with Crippen molar-refractivity contribution >= 4 is 14.7 Å². The van der Waals surface area contributed by atoms with Crippen LogP contribution in [0.1, 0.15) is 47.5 Å². The molecule has 0 spiro atoms. The molecule has 94 valence electrons. The van der Waals surface area contributed by atoms with E-state index >= 15 is 0 Å². The van der Waals surface area contributed by atoms with Gasteiger partial charge in [-0.2, -0.15) is 0 Å². The third-order valence-corrected chi connectivity index (χ3v) is 3.39. The molecule has 0 aromatic heterocycles. The smallest absolute Gasteiger partial charge is 0.312 e. The molecule has 0 N–H and O–H groups in total. The van der Waals surface area contributed by atoms with Gasteiger partial charge in [-0.1, -0.05) is 27.2 Å². The fourth-order valence-corrected chi connectivity index (χ4v) is 2.09. The van der Waals surface area contributed by atoms with Gasteiger partial charge in [-0.25, -0.2) is 0 Å². The molecule has 0 amide bonds.